The van der Waals surface area contributed by atoms with Crippen LogP contribution in [0.1, 0.15) is 42.6 Å². The number of unbranched alkanes of at least 4 members (excludes halogenated alkanes) is 1. The number of amides is 2. The Morgan fingerprint density at radius 2 is 1.96 bits per heavy atom. The Balaban J connectivity index is 2.70. The number of nitrogens with zero attached hydrogens (tertiary/aromatic N) is 2. The molecule has 0 aliphatic rings. The van der Waals surface area contributed by atoms with Crippen LogP contribution < -0.4 is 0 Å². The lowest BCUT2D eigenvalue weighted by Gasteiger charge is -2.12. The van der Waals surface area contributed by atoms with Gasteiger partial charge in [-0.3, -0.25) is 9.59 Å². The number of hydrogen-bond acceptors (Lipinski definition) is 4. The van der Waals surface area contributed by atoms with Crippen LogP contribution in [0.15, 0.2) is 29.3 Å². The van der Waals surface area contributed by atoms with Crippen LogP contribution in [-0.4, -0.2) is 49.1 Å². The van der Waals surface area contributed by atoms with Crippen LogP contribution in [0.2, 0.25) is 0 Å². The van der Waals surface area contributed by atoms with Gasteiger partial charge in [-0.25, -0.2) is 9.79 Å². The van der Waals surface area contributed by atoms with E-state index in [1.807, 2.05) is 0 Å². The Morgan fingerprint density at radius 3 is 2.60 bits per heavy atom. The maximum Gasteiger partial charge on any atom is 0.352 e. The zero-order valence-corrected chi connectivity index (χ0v) is 15.0. The summed E-state index contributed by atoms with van der Waals surface area (Å²) in [6.07, 6.45) is 1.43. The first-order chi connectivity index (χ1) is 11.8. The molecule has 0 spiro atoms. The van der Waals surface area contributed by atoms with Crippen LogP contribution >= 0.6 is 0 Å². The monoisotopic (exact) mass is 342 g/mol. The van der Waals surface area contributed by atoms with Gasteiger partial charge in [0, 0.05) is 38.1 Å². The standard InChI is InChI=1S/C19H22N2O4/c1-14(19(24)25-4)20-18(23)17-11-8-10-16(13-17)9-6-5-7-12-21(3)15(2)22/h8,10-11,13H,5,7,12H2,1-4H3/b20-14+. The minimum atomic E-state index is -0.639. The smallest absolute Gasteiger partial charge is 0.352 e. The van der Waals surface area contributed by atoms with Crippen molar-refractivity contribution >= 4 is 23.5 Å². The van der Waals surface area contributed by atoms with Gasteiger partial charge < -0.3 is 9.64 Å². The minimum absolute atomic E-state index is 0.00132. The molecular weight excluding hydrogens is 320 g/mol. The van der Waals surface area contributed by atoms with Crippen molar-refractivity contribution in [1.82, 2.24) is 4.90 Å². The summed E-state index contributed by atoms with van der Waals surface area (Å²) >= 11 is 0. The molecule has 0 saturated carbocycles. The van der Waals surface area contributed by atoms with Gasteiger partial charge in [-0.05, 0) is 31.5 Å². The highest BCUT2D eigenvalue weighted by Crippen LogP contribution is 2.06. The van der Waals surface area contributed by atoms with E-state index in [2.05, 4.69) is 21.6 Å². The summed E-state index contributed by atoms with van der Waals surface area (Å²) in [7, 11) is 2.98. The molecule has 1 aromatic rings. The number of hydrogen-bond donors (Lipinski definition) is 0. The van der Waals surface area contributed by atoms with Crippen molar-refractivity contribution in [2.75, 3.05) is 20.7 Å². The van der Waals surface area contributed by atoms with Crippen molar-refractivity contribution in [1.29, 1.82) is 0 Å². The second kappa shape index (κ2) is 10.0. The summed E-state index contributed by atoms with van der Waals surface area (Å²) in [6, 6.07) is 6.75. The van der Waals surface area contributed by atoms with Crippen molar-refractivity contribution in [3.05, 3.63) is 35.4 Å². The third-order valence-electron chi connectivity index (χ3n) is 3.43. The van der Waals surface area contributed by atoms with Crippen molar-refractivity contribution in [3.63, 3.8) is 0 Å². The Morgan fingerprint density at radius 1 is 1.24 bits per heavy atom. The summed E-state index contributed by atoms with van der Waals surface area (Å²) in [5.74, 6) is 4.88. The molecule has 0 heterocycles. The average Bonchev–Trinajstić information content (AvgIpc) is 2.60. The number of methoxy groups -OCH3 is 1. The Hall–Kier alpha value is -2.94. The van der Waals surface area contributed by atoms with Crippen molar-refractivity contribution in [3.8, 4) is 11.8 Å². The first kappa shape index (κ1) is 20.1. The molecule has 0 bridgehead atoms. The molecule has 0 aliphatic carbocycles. The molecule has 1 aromatic carbocycles. The van der Waals surface area contributed by atoms with E-state index in [-0.39, 0.29) is 11.6 Å². The average molecular weight is 342 g/mol. The van der Waals surface area contributed by atoms with Gasteiger partial charge in [-0.15, -0.1) is 0 Å². The summed E-state index contributed by atoms with van der Waals surface area (Å²) in [5.41, 5.74) is 1.04. The number of benzene rings is 1. The molecule has 0 radical (unpaired) electrons. The fourth-order valence-electron chi connectivity index (χ4n) is 1.87. The molecule has 0 saturated heterocycles. The molecule has 6 nitrogen and oxygen atoms in total. The topological polar surface area (TPSA) is 76.0 Å². The maximum atomic E-state index is 12.1. The van der Waals surface area contributed by atoms with Crippen LogP contribution in [0, 0.1) is 11.8 Å². The highest BCUT2D eigenvalue weighted by atomic mass is 16.5. The summed E-state index contributed by atoms with van der Waals surface area (Å²) < 4.78 is 4.51. The van der Waals surface area contributed by atoms with E-state index >= 15 is 0 Å². The number of rotatable bonds is 5. The van der Waals surface area contributed by atoms with E-state index < -0.39 is 11.9 Å². The van der Waals surface area contributed by atoms with E-state index in [0.717, 1.165) is 6.42 Å². The highest BCUT2D eigenvalue weighted by Gasteiger charge is 2.10. The van der Waals surface area contributed by atoms with Crippen molar-refractivity contribution in [2.24, 2.45) is 4.99 Å². The second-order valence-electron chi connectivity index (χ2n) is 5.42. The molecule has 0 unspecified atom stereocenters. The lowest BCUT2D eigenvalue weighted by molar-refractivity contribution is -0.132. The fourth-order valence-corrected chi connectivity index (χ4v) is 1.87. The van der Waals surface area contributed by atoms with E-state index in [9.17, 15) is 14.4 Å². The predicted molar refractivity (Wildman–Crippen MR) is 95.3 cm³/mol. The summed E-state index contributed by atoms with van der Waals surface area (Å²) in [4.78, 5) is 39.8. The summed E-state index contributed by atoms with van der Waals surface area (Å²) in [5, 5.41) is 0. The van der Waals surface area contributed by atoms with E-state index in [1.165, 1.54) is 21.0 Å². The van der Waals surface area contributed by atoms with E-state index in [4.69, 9.17) is 0 Å². The van der Waals surface area contributed by atoms with E-state index in [1.54, 1.807) is 36.2 Å². The second-order valence-corrected chi connectivity index (χ2v) is 5.42. The normalized spacial score (nSPS) is 10.5. The zero-order chi connectivity index (χ0) is 18.8. The van der Waals surface area contributed by atoms with Gasteiger partial charge >= 0.3 is 5.97 Å². The Kier molecular flexibility index (Phi) is 8.07. The Bertz CT molecular complexity index is 741. The van der Waals surface area contributed by atoms with Crippen LogP contribution in [0.4, 0.5) is 0 Å². The molecule has 2 amide bonds. The molecule has 0 atom stereocenters. The van der Waals surface area contributed by atoms with Gasteiger partial charge in [0.15, 0.2) is 0 Å². The highest BCUT2D eigenvalue weighted by molar-refractivity contribution is 6.37. The first-order valence-corrected chi connectivity index (χ1v) is 7.83. The first-order valence-electron chi connectivity index (χ1n) is 7.83. The molecule has 0 fully saturated rings. The van der Waals surface area contributed by atoms with Gasteiger partial charge in [-0.2, -0.15) is 0 Å². The van der Waals surface area contributed by atoms with E-state index in [0.29, 0.717) is 24.1 Å². The molecule has 1 rings (SSSR count). The molecule has 0 N–H and O–H groups in total. The van der Waals surface area contributed by atoms with Crippen LogP contribution in [0.5, 0.6) is 0 Å². The molecular formula is C19H22N2O4. The van der Waals surface area contributed by atoms with Gasteiger partial charge in [0.2, 0.25) is 5.91 Å². The largest absolute Gasteiger partial charge is 0.465 e. The van der Waals surface area contributed by atoms with Crippen LogP contribution in [-0.2, 0) is 14.3 Å². The van der Waals surface area contributed by atoms with Gasteiger partial charge in [0.1, 0.15) is 5.71 Å². The molecule has 25 heavy (non-hydrogen) atoms. The summed E-state index contributed by atoms with van der Waals surface area (Å²) in [6.45, 7) is 3.61. The third-order valence-corrected chi connectivity index (χ3v) is 3.43. The molecule has 0 aromatic heterocycles. The lowest BCUT2D eigenvalue weighted by Crippen LogP contribution is -2.24. The molecule has 0 aliphatic heterocycles. The maximum absolute atomic E-state index is 12.1. The SMILES string of the molecule is COC(=O)/C(C)=N/C(=O)c1cccc(C#CCCCN(C)C(C)=O)c1. The molecule has 6 heteroatoms. The van der Waals surface area contributed by atoms with Crippen LogP contribution in [0.3, 0.4) is 0 Å². The number of aliphatic imine (C=N–C) groups is 1. The fraction of sp³-hybridized carbons (Fsp3) is 0.368. The Labute approximate surface area is 147 Å². The molecule has 132 valence electrons. The number of carbonyl (C=O) groups excluding carboxylic acids is 3. The minimum Gasteiger partial charge on any atom is -0.465 e. The van der Waals surface area contributed by atoms with Crippen molar-refractivity contribution in [2.45, 2.75) is 26.7 Å². The lowest BCUT2D eigenvalue weighted by atomic mass is 10.1. The number of ether oxygens (including phenoxy) is 1. The number of carbonyl (C=O) groups is 3. The van der Waals surface area contributed by atoms with Gasteiger partial charge in [0.25, 0.3) is 5.91 Å². The zero-order valence-electron chi connectivity index (χ0n) is 15.0. The van der Waals surface area contributed by atoms with Crippen LogP contribution in [0.25, 0.3) is 0 Å². The predicted octanol–water partition coefficient (Wildman–Crippen LogP) is 2.07. The number of esters is 1. The van der Waals surface area contributed by atoms with Crippen molar-refractivity contribution < 1.29 is 19.1 Å². The third kappa shape index (κ3) is 7.00. The van der Waals surface area contributed by atoms with Gasteiger partial charge in [-0.1, -0.05) is 17.9 Å². The van der Waals surface area contributed by atoms with Gasteiger partial charge in [0.05, 0.1) is 7.11 Å². The quantitative estimate of drug-likeness (QED) is 0.355.